The SMILES string of the molecule is O=[N+]([O-])c1cccc(C2CC3CNCC32)c1. The molecule has 0 aromatic heterocycles. The third-order valence-electron chi connectivity index (χ3n) is 3.97. The second-order valence-corrected chi connectivity index (χ2v) is 4.78. The van der Waals surface area contributed by atoms with Gasteiger partial charge in [-0.05, 0) is 42.8 Å². The van der Waals surface area contributed by atoms with E-state index in [-0.39, 0.29) is 10.6 Å². The van der Waals surface area contributed by atoms with Crippen molar-refractivity contribution in [2.75, 3.05) is 13.1 Å². The van der Waals surface area contributed by atoms with Gasteiger partial charge < -0.3 is 5.32 Å². The van der Waals surface area contributed by atoms with Gasteiger partial charge in [-0.25, -0.2) is 0 Å². The highest BCUT2D eigenvalue weighted by Gasteiger charge is 2.44. The molecule has 1 saturated carbocycles. The summed E-state index contributed by atoms with van der Waals surface area (Å²) in [4.78, 5) is 10.4. The lowest BCUT2D eigenvalue weighted by Crippen LogP contribution is -2.33. The minimum absolute atomic E-state index is 0.215. The molecular weight excluding hydrogens is 204 g/mol. The Morgan fingerprint density at radius 3 is 3.00 bits per heavy atom. The number of hydrogen-bond donors (Lipinski definition) is 1. The van der Waals surface area contributed by atoms with Crippen LogP contribution in [0, 0.1) is 22.0 Å². The number of benzene rings is 1. The van der Waals surface area contributed by atoms with Crippen LogP contribution in [0.2, 0.25) is 0 Å². The first-order valence-corrected chi connectivity index (χ1v) is 5.71. The van der Waals surface area contributed by atoms with E-state index in [4.69, 9.17) is 0 Å². The zero-order chi connectivity index (χ0) is 11.1. The zero-order valence-electron chi connectivity index (χ0n) is 8.93. The number of rotatable bonds is 2. The van der Waals surface area contributed by atoms with Crippen LogP contribution in [0.25, 0.3) is 0 Å². The summed E-state index contributed by atoms with van der Waals surface area (Å²) in [5.74, 6) is 2.02. The zero-order valence-corrected chi connectivity index (χ0v) is 8.93. The Kier molecular flexibility index (Phi) is 2.17. The van der Waals surface area contributed by atoms with E-state index >= 15 is 0 Å². The molecule has 0 radical (unpaired) electrons. The molecule has 0 spiro atoms. The van der Waals surface area contributed by atoms with E-state index in [0.717, 1.165) is 24.6 Å². The van der Waals surface area contributed by atoms with Gasteiger partial charge in [-0.1, -0.05) is 12.1 Å². The molecule has 1 aliphatic heterocycles. The molecule has 1 aromatic rings. The van der Waals surface area contributed by atoms with Crippen molar-refractivity contribution in [1.29, 1.82) is 0 Å². The molecule has 1 saturated heterocycles. The van der Waals surface area contributed by atoms with Gasteiger partial charge in [0.15, 0.2) is 0 Å². The van der Waals surface area contributed by atoms with Gasteiger partial charge in [-0.2, -0.15) is 0 Å². The normalized spacial score (nSPS) is 31.9. The summed E-state index contributed by atoms with van der Waals surface area (Å²) in [7, 11) is 0. The molecule has 1 aliphatic carbocycles. The van der Waals surface area contributed by atoms with Crippen LogP contribution in [0.15, 0.2) is 24.3 Å². The minimum Gasteiger partial charge on any atom is -0.316 e. The summed E-state index contributed by atoms with van der Waals surface area (Å²) in [5, 5.41) is 14.1. The van der Waals surface area contributed by atoms with Crippen LogP contribution in [-0.4, -0.2) is 18.0 Å². The predicted molar refractivity (Wildman–Crippen MR) is 60.3 cm³/mol. The third kappa shape index (κ3) is 1.41. The van der Waals surface area contributed by atoms with Crippen molar-refractivity contribution in [2.45, 2.75) is 12.3 Å². The fourth-order valence-electron chi connectivity index (χ4n) is 3.04. The van der Waals surface area contributed by atoms with Gasteiger partial charge in [0.2, 0.25) is 0 Å². The average Bonchev–Trinajstić information content (AvgIpc) is 2.61. The van der Waals surface area contributed by atoms with Crippen molar-refractivity contribution in [1.82, 2.24) is 5.32 Å². The van der Waals surface area contributed by atoms with Crippen LogP contribution in [-0.2, 0) is 0 Å². The van der Waals surface area contributed by atoms with E-state index < -0.39 is 0 Å². The van der Waals surface area contributed by atoms with Gasteiger partial charge >= 0.3 is 0 Å². The Morgan fingerprint density at radius 2 is 2.25 bits per heavy atom. The van der Waals surface area contributed by atoms with Crippen molar-refractivity contribution in [3.05, 3.63) is 39.9 Å². The fraction of sp³-hybridized carbons (Fsp3) is 0.500. The minimum atomic E-state index is -0.313. The summed E-state index contributed by atoms with van der Waals surface area (Å²) in [6.45, 7) is 2.19. The van der Waals surface area contributed by atoms with E-state index in [1.165, 1.54) is 6.42 Å². The van der Waals surface area contributed by atoms with E-state index in [1.54, 1.807) is 18.2 Å². The molecule has 1 N–H and O–H groups in total. The molecule has 0 amide bonds. The molecule has 84 valence electrons. The number of fused-ring (bicyclic) bond motifs is 1. The summed E-state index contributed by atoms with van der Waals surface area (Å²) in [6.07, 6.45) is 1.18. The molecule has 3 unspecified atom stereocenters. The average molecular weight is 218 g/mol. The molecule has 4 heteroatoms. The van der Waals surface area contributed by atoms with Gasteiger partial charge in [0.05, 0.1) is 4.92 Å². The van der Waals surface area contributed by atoms with Crippen molar-refractivity contribution in [3.8, 4) is 0 Å². The number of nitrogens with zero attached hydrogens (tertiary/aromatic N) is 1. The first kappa shape index (κ1) is 9.78. The highest BCUT2D eigenvalue weighted by atomic mass is 16.6. The van der Waals surface area contributed by atoms with Crippen LogP contribution in [0.4, 0.5) is 5.69 Å². The Morgan fingerprint density at radius 1 is 1.38 bits per heavy atom. The number of hydrogen-bond acceptors (Lipinski definition) is 3. The lowest BCUT2D eigenvalue weighted by Gasteiger charge is -2.39. The fourth-order valence-corrected chi connectivity index (χ4v) is 3.04. The maximum atomic E-state index is 10.7. The summed E-state index contributed by atoms with van der Waals surface area (Å²) < 4.78 is 0. The first-order chi connectivity index (χ1) is 7.75. The Labute approximate surface area is 93.8 Å². The van der Waals surface area contributed by atoms with Crippen molar-refractivity contribution in [3.63, 3.8) is 0 Å². The van der Waals surface area contributed by atoms with E-state index in [2.05, 4.69) is 5.32 Å². The second-order valence-electron chi connectivity index (χ2n) is 4.78. The van der Waals surface area contributed by atoms with Gasteiger partial charge in [0.25, 0.3) is 5.69 Å². The van der Waals surface area contributed by atoms with Crippen LogP contribution in [0.5, 0.6) is 0 Å². The Balaban J connectivity index is 1.84. The molecular formula is C12H14N2O2. The van der Waals surface area contributed by atoms with Crippen molar-refractivity contribution in [2.24, 2.45) is 11.8 Å². The van der Waals surface area contributed by atoms with Crippen LogP contribution < -0.4 is 5.32 Å². The highest BCUT2D eigenvalue weighted by Crippen LogP contribution is 2.49. The predicted octanol–water partition coefficient (Wildman–Crippen LogP) is 1.92. The number of nitro benzene ring substituents is 1. The largest absolute Gasteiger partial charge is 0.316 e. The van der Waals surface area contributed by atoms with Crippen molar-refractivity contribution < 1.29 is 4.92 Å². The van der Waals surface area contributed by atoms with E-state index in [1.807, 2.05) is 6.07 Å². The molecule has 1 heterocycles. The summed E-state index contributed by atoms with van der Waals surface area (Å²) in [6, 6.07) is 7.11. The Hall–Kier alpha value is -1.42. The van der Waals surface area contributed by atoms with Gasteiger partial charge in [-0.3, -0.25) is 10.1 Å². The van der Waals surface area contributed by atoms with Gasteiger partial charge in [0, 0.05) is 12.1 Å². The molecule has 0 bridgehead atoms. The van der Waals surface area contributed by atoms with Crippen LogP contribution in [0.3, 0.4) is 0 Å². The maximum Gasteiger partial charge on any atom is 0.269 e. The monoisotopic (exact) mass is 218 g/mol. The molecule has 2 aliphatic rings. The maximum absolute atomic E-state index is 10.7. The number of nitro groups is 1. The summed E-state index contributed by atoms with van der Waals surface area (Å²) >= 11 is 0. The molecule has 16 heavy (non-hydrogen) atoms. The van der Waals surface area contributed by atoms with Gasteiger partial charge in [-0.15, -0.1) is 0 Å². The standard InChI is InChI=1S/C12H14N2O2/c15-14(16)10-3-1-2-8(4-10)11-5-9-6-13-7-12(9)11/h1-4,9,11-13H,5-7H2. The molecule has 3 rings (SSSR count). The molecule has 1 aromatic carbocycles. The number of non-ortho nitro benzene ring substituents is 1. The van der Waals surface area contributed by atoms with Crippen LogP contribution >= 0.6 is 0 Å². The van der Waals surface area contributed by atoms with Crippen molar-refractivity contribution >= 4 is 5.69 Å². The van der Waals surface area contributed by atoms with Gasteiger partial charge in [0.1, 0.15) is 0 Å². The quantitative estimate of drug-likeness (QED) is 0.609. The Bertz CT molecular complexity index is 433. The van der Waals surface area contributed by atoms with E-state index in [9.17, 15) is 10.1 Å². The van der Waals surface area contributed by atoms with Crippen LogP contribution in [0.1, 0.15) is 17.9 Å². The lowest BCUT2D eigenvalue weighted by molar-refractivity contribution is -0.385. The highest BCUT2D eigenvalue weighted by molar-refractivity contribution is 5.37. The molecule has 2 fully saturated rings. The topological polar surface area (TPSA) is 55.2 Å². The molecule has 4 nitrogen and oxygen atoms in total. The smallest absolute Gasteiger partial charge is 0.269 e. The summed E-state index contributed by atoms with van der Waals surface area (Å²) in [5.41, 5.74) is 1.35. The number of nitrogens with one attached hydrogen (secondary N) is 1. The first-order valence-electron chi connectivity index (χ1n) is 5.71. The lowest BCUT2D eigenvalue weighted by atomic mass is 9.64. The second kappa shape index (κ2) is 3.56. The van der Waals surface area contributed by atoms with E-state index in [0.29, 0.717) is 11.8 Å². The molecule has 3 atom stereocenters. The third-order valence-corrected chi connectivity index (χ3v) is 3.97.